The second kappa shape index (κ2) is 5.62. The maximum atomic E-state index is 11.7. The van der Waals surface area contributed by atoms with Gasteiger partial charge in [-0.05, 0) is 24.3 Å². The summed E-state index contributed by atoms with van der Waals surface area (Å²) >= 11 is 0. The van der Waals surface area contributed by atoms with Gasteiger partial charge in [-0.3, -0.25) is 4.79 Å². The second-order valence-electron chi connectivity index (χ2n) is 4.44. The van der Waals surface area contributed by atoms with Crippen LogP contribution in [0.25, 0.3) is 0 Å². The predicted molar refractivity (Wildman–Crippen MR) is 68.8 cm³/mol. The van der Waals surface area contributed by atoms with Crippen LogP contribution in [0.4, 0.5) is 0 Å². The normalized spacial score (nSPS) is 22.6. The molecule has 1 amide bonds. The number of carbonyl (C=O) groups excluding carboxylic acids is 1. The minimum atomic E-state index is 0.0474. The summed E-state index contributed by atoms with van der Waals surface area (Å²) in [4.78, 5) is 11.7. The van der Waals surface area contributed by atoms with E-state index < -0.39 is 0 Å². The van der Waals surface area contributed by atoms with E-state index in [4.69, 9.17) is 0 Å². The minimum Gasteiger partial charge on any atom is -0.273 e. The fourth-order valence-corrected chi connectivity index (χ4v) is 1.94. The third kappa shape index (κ3) is 3.16. The largest absolute Gasteiger partial charge is 0.273 e. The molecule has 1 aliphatic carbocycles. The molecular formula is C14H18N2O. The molecule has 1 aromatic rings. The van der Waals surface area contributed by atoms with E-state index in [2.05, 4.69) is 29.6 Å². The zero-order chi connectivity index (χ0) is 12.1. The Kier molecular flexibility index (Phi) is 3.91. The Morgan fingerprint density at radius 3 is 2.94 bits per heavy atom. The number of nitrogens with zero attached hydrogens (tertiary/aromatic N) is 1. The fraction of sp³-hybridized carbons (Fsp3) is 0.429. The van der Waals surface area contributed by atoms with Crippen molar-refractivity contribution in [3.8, 4) is 0 Å². The molecule has 0 aliphatic heterocycles. The molecule has 2 rings (SSSR count). The van der Waals surface area contributed by atoms with Crippen molar-refractivity contribution in [1.29, 1.82) is 0 Å². The first-order chi connectivity index (χ1) is 8.33. The van der Waals surface area contributed by atoms with Crippen molar-refractivity contribution in [3.05, 3.63) is 35.9 Å². The quantitative estimate of drug-likeness (QED) is 0.613. The lowest BCUT2D eigenvalue weighted by Gasteiger charge is -1.99. The van der Waals surface area contributed by atoms with Crippen LogP contribution in [-0.4, -0.2) is 12.1 Å². The van der Waals surface area contributed by atoms with Crippen molar-refractivity contribution in [2.75, 3.05) is 0 Å². The van der Waals surface area contributed by atoms with Gasteiger partial charge in [-0.1, -0.05) is 43.7 Å². The Balaban J connectivity index is 1.81. The number of rotatable bonds is 5. The van der Waals surface area contributed by atoms with Crippen LogP contribution in [0.1, 0.15) is 37.7 Å². The second-order valence-corrected chi connectivity index (χ2v) is 4.44. The SMILES string of the molecule is CCCC=NNC(=O)C1CC1c1ccccc1. The van der Waals surface area contributed by atoms with Crippen LogP contribution in [0.2, 0.25) is 0 Å². The monoisotopic (exact) mass is 230 g/mol. The average Bonchev–Trinajstić information content (AvgIpc) is 3.16. The molecule has 0 saturated heterocycles. The lowest BCUT2D eigenvalue weighted by Crippen LogP contribution is -2.19. The summed E-state index contributed by atoms with van der Waals surface area (Å²) in [6.45, 7) is 2.08. The number of hydrazone groups is 1. The van der Waals surface area contributed by atoms with Crippen molar-refractivity contribution in [2.45, 2.75) is 32.1 Å². The molecule has 0 aromatic heterocycles. The fourth-order valence-electron chi connectivity index (χ4n) is 1.94. The highest BCUT2D eigenvalue weighted by atomic mass is 16.2. The minimum absolute atomic E-state index is 0.0474. The van der Waals surface area contributed by atoms with E-state index >= 15 is 0 Å². The van der Waals surface area contributed by atoms with E-state index in [-0.39, 0.29) is 11.8 Å². The van der Waals surface area contributed by atoms with Gasteiger partial charge in [0, 0.05) is 12.1 Å². The third-order valence-corrected chi connectivity index (χ3v) is 3.04. The molecule has 3 nitrogen and oxygen atoms in total. The molecule has 1 fully saturated rings. The topological polar surface area (TPSA) is 41.5 Å². The lowest BCUT2D eigenvalue weighted by atomic mass is 10.1. The molecular weight excluding hydrogens is 212 g/mol. The Hall–Kier alpha value is -1.64. The molecule has 1 N–H and O–H groups in total. The number of carbonyl (C=O) groups is 1. The maximum Gasteiger partial charge on any atom is 0.243 e. The number of hydrogen-bond acceptors (Lipinski definition) is 2. The third-order valence-electron chi connectivity index (χ3n) is 3.04. The molecule has 2 unspecified atom stereocenters. The van der Waals surface area contributed by atoms with Crippen LogP contribution in [0, 0.1) is 5.92 Å². The summed E-state index contributed by atoms with van der Waals surface area (Å²) in [5, 5.41) is 3.93. The van der Waals surface area contributed by atoms with Gasteiger partial charge in [-0.2, -0.15) is 5.10 Å². The van der Waals surface area contributed by atoms with Crippen LogP contribution in [-0.2, 0) is 4.79 Å². The first-order valence-electron chi connectivity index (χ1n) is 6.19. The number of unbranched alkanes of at least 4 members (excludes halogenated alkanes) is 1. The molecule has 1 aromatic carbocycles. The van der Waals surface area contributed by atoms with Crippen molar-refractivity contribution in [1.82, 2.24) is 5.43 Å². The number of hydrogen-bond donors (Lipinski definition) is 1. The summed E-state index contributed by atoms with van der Waals surface area (Å²) in [6.07, 6.45) is 4.67. The van der Waals surface area contributed by atoms with E-state index in [9.17, 15) is 4.79 Å². The first-order valence-corrected chi connectivity index (χ1v) is 6.19. The van der Waals surface area contributed by atoms with Crippen molar-refractivity contribution < 1.29 is 4.79 Å². The van der Waals surface area contributed by atoms with Crippen LogP contribution in [0.3, 0.4) is 0 Å². The molecule has 17 heavy (non-hydrogen) atoms. The molecule has 1 aliphatic rings. The van der Waals surface area contributed by atoms with Gasteiger partial charge in [-0.25, -0.2) is 5.43 Å². The Morgan fingerprint density at radius 2 is 2.24 bits per heavy atom. The van der Waals surface area contributed by atoms with Gasteiger partial charge in [0.1, 0.15) is 0 Å². The molecule has 0 radical (unpaired) electrons. The Morgan fingerprint density at radius 1 is 1.47 bits per heavy atom. The molecule has 0 spiro atoms. The highest BCUT2D eigenvalue weighted by Gasteiger charge is 2.43. The van der Waals surface area contributed by atoms with E-state index in [0.29, 0.717) is 5.92 Å². The molecule has 90 valence electrons. The standard InChI is InChI=1S/C14H18N2O/c1-2-3-9-15-16-14(17)13-10-12(13)11-7-5-4-6-8-11/h4-9,12-13H,2-3,10H2,1H3,(H,16,17). The highest BCUT2D eigenvalue weighted by Crippen LogP contribution is 2.47. The molecule has 1 saturated carbocycles. The van der Waals surface area contributed by atoms with Gasteiger partial charge in [0.2, 0.25) is 5.91 Å². The molecule has 0 heterocycles. The summed E-state index contributed by atoms with van der Waals surface area (Å²) in [5.74, 6) is 0.542. The van der Waals surface area contributed by atoms with Crippen LogP contribution in [0.15, 0.2) is 35.4 Å². The zero-order valence-electron chi connectivity index (χ0n) is 10.1. The summed E-state index contributed by atoms with van der Waals surface area (Å²) in [7, 11) is 0. The highest BCUT2D eigenvalue weighted by molar-refractivity contribution is 5.83. The van der Waals surface area contributed by atoms with Crippen molar-refractivity contribution in [2.24, 2.45) is 11.0 Å². The zero-order valence-corrected chi connectivity index (χ0v) is 10.1. The molecule has 0 bridgehead atoms. The Labute approximate surface area is 102 Å². The Bertz CT molecular complexity index is 400. The number of amides is 1. The predicted octanol–water partition coefficient (Wildman–Crippen LogP) is 2.69. The van der Waals surface area contributed by atoms with Crippen molar-refractivity contribution >= 4 is 12.1 Å². The van der Waals surface area contributed by atoms with Gasteiger partial charge >= 0.3 is 0 Å². The average molecular weight is 230 g/mol. The van der Waals surface area contributed by atoms with E-state index in [0.717, 1.165) is 19.3 Å². The first kappa shape index (κ1) is 11.8. The maximum absolute atomic E-state index is 11.7. The summed E-state index contributed by atoms with van der Waals surface area (Å²) < 4.78 is 0. The smallest absolute Gasteiger partial charge is 0.243 e. The van der Waals surface area contributed by atoms with Crippen LogP contribution in [0.5, 0.6) is 0 Å². The van der Waals surface area contributed by atoms with E-state index in [1.165, 1.54) is 5.56 Å². The lowest BCUT2D eigenvalue weighted by molar-refractivity contribution is -0.122. The summed E-state index contributed by atoms with van der Waals surface area (Å²) in [6, 6.07) is 10.2. The van der Waals surface area contributed by atoms with Crippen molar-refractivity contribution in [3.63, 3.8) is 0 Å². The van der Waals surface area contributed by atoms with E-state index in [1.807, 2.05) is 18.2 Å². The van der Waals surface area contributed by atoms with Gasteiger partial charge in [-0.15, -0.1) is 0 Å². The van der Waals surface area contributed by atoms with Crippen LogP contribution < -0.4 is 5.43 Å². The molecule has 2 atom stereocenters. The molecule has 3 heteroatoms. The van der Waals surface area contributed by atoms with Gasteiger partial charge in [0.15, 0.2) is 0 Å². The van der Waals surface area contributed by atoms with Gasteiger partial charge in [0.05, 0.1) is 0 Å². The van der Waals surface area contributed by atoms with Crippen LogP contribution >= 0.6 is 0 Å². The van der Waals surface area contributed by atoms with Gasteiger partial charge in [0.25, 0.3) is 0 Å². The van der Waals surface area contributed by atoms with Gasteiger partial charge < -0.3 is 0 Å². The summed E-state index contributed by atoms with van der Waals surface area (Å²) in [5.41, 5.74) is 3.86. The number of benzene rings is 1. The van der Waals surface area contributed by atoms with E-state index in [1.54, 1.807) is 6.21 Å². The number of nitrogens with one attached hydrogen (secondary N) is 1.